The average Bonchev–Trinajstić information content (AvgIpc) is 3.31. The molecule has 30 heavy (non-hydrogen) atoms. The van der Waals surface area contributed by atoms with Crippen LogP contribution in [0.2, 0.25) is 0 Å². The molecule has 0 bridgehead atoms. The van der Waals surface area contributed by atoms with E-state index < -0.39 is 5.41 Å². The minimum absolute atomic E-state index is 0.279. The van der Waals surface area contributed by atoms with E-state index >= 15 is 0 Å². The SMILES string of the molecule is O=C(COC(=O)C1(c2ccccc2)CCCC1)Nc1ccc(N2CCOCC2)cc1. The fourth-order valence-corrected chi connectivity index (χ4v) is 4.39. The van der Waals surface area contributed by atoms with E-state index in [9.17, 15) is 9.59 Å². The van der Waals surface area contributed by atoms with E-state index in [1.54, 1.807) is 0 Å². The Hall–Kier alpha value is -2.86. The number of nitrogens with one attached hydrogen (secondary N) is 1. The number of esters is 1. The molecule has 2 fully saturated rings. The summed E-state index contributed by atoms with van der Waals surface area (Å²) in [6.07, 6.45) is 3.51. The highest BCUT2D eigenvalue weighted by Crippen LogP contribution is 2.42. The summed E-state index contributed by atoms with van der Waals surface area (Å²) in [5, 5.41) is 2.81. The first-order valence-corrected chi connectivity index (χ1v) is 10.6. The highest BCUT2D eigenvalue weighted by Gasteiger charge is 2.44. The van der Waals surface area contributed by atoms with Crippen LogP contribution in [0.1, 0.15) is 31.2 Å². The summed E-state index contributed by atoms with van der Waals surface area (Å²) in [4.78, 5) is 27.5. The largest absolute Gasteiger partial charge is 0.455 e. The molecule has 2 aromatic carbocycles. The van der Waals surface area contributed by atoms with Gasteiger partial charge in [-0.05, 0) is 42.7 Å². The van der Waals surface area contributed by atoms with Gasteiger partial charge in [-0.3, -0.25) is 9.59 Å². The molecule has 6 heteroatoms. The van der Waals surface area contributed by atoms with Crippen molar-refractivity contribution in [3.05, 3.63) is 60.2 Å². The quantitative estimate of drug-likeness (QED) is 0.741. The lowest BCUT2D eigenvalue weighted by Gasteiger charge is -2.29. The smallest absolute Gasteiger partial charge is 0.317 e. The number of carbonyl (C=O) groups excluding carboxylic acids is 2. The van der Waals surface area contributed by atoms with E-state index in [0.717, 1.165) is 63.2 Å². The van der Waals surface area contributed by atoms with E-state index in [-0.39, 0.29) is 18.5 Å². The molecular formula is C24H28N2O4. The Morgan fingerprint density at radius 1 is 0.967 bits per heavy atom. The predicted molar refractivity (Wildman–Crippen MR) is 116 cm³/mol. The first-order chi connectivity index (χ1) is 14.7. The summed E-state index contributed by atoms with van der Waals surface area (Å²) in [5.41, 5.74) is 2.15. The number of amides is 1. The van der Waals surface area contributed by atoms with E-state index in [4.69, 9.17) is 9.47 Å². The maximum atomic E-state index is 12.9. The van der Waals surface area contributed by atoms with Crippen LogP contribution in [0.5, 0.6) is 0 Å². The number of morpholine rings is 1. The first kappa shape index (κ1) is 20.4. The third-order valence-corrected chi connectivity index (χ3v) is 6.04. The molecule has 0 atom stereocenters. The lowest BCUT2D eigenvalue weighted by atomic mass is 9.79. The van der Waals surface area contributed by atoms with Crippen LogP contribution in [0.4, 0.5) is 11.4 Å². The number of benzene rings is 2. The normalized spacial score (nSPS) is 18.1. The predicted octanol–water partition coefficient (Wildman–Crippen LogP) is 3.52. The highest BCUT2D eigenvalue weighted by molar-refractivity contribution is 5.94. The fourth-order valence-electron chi connectivity index (χ4n) is 4.39. The molecule has 1 amide bonds. The van der Waals surface area contributed by atoms with Crippen molar-refractivity contribution in [2.45, 2.75) is 31.1 Å². The second kappa shape index (κ2) is 9.30. The minimum Gasteiger partial charge on any atom is -0.455 e. The molecule has 1 saturated carbocycles. The zero-order chi connectivity index (χ0) is 20.8. The lowest BCUT2D eigenvalue weighted by molar-refractivity contribution is -0.153. The minimum atomic E-state index is -0.624. The van der Waals surface area contributed by atoms with Gasteiger partial charge in [-0.15, -0.1) is 0 Å². The molecular weight excluding hydrogens is 380 g/mol. The number of hydrogen-bond acceptors (Lipinski definition) is 5. The van der Waals surface area contributed by atoms with Crippen molar-refractivity contribution in [2.24, 2.45) is 0 Å². The Morgan fingerprint density at radius 2 is 1.63 bits per heavy atom. The number of hydrogen-bond donors (Lipinski definition) is 1. The van der Waals surface area contributed by atoms with Crippen molar-refractivity contribution in [3.8, 4) is 0 Å². The van der Waals surface area contributed by atoms with Crippen molar-refractivity contribution in [2.75, 3.05) is 43.1 Å². The monoisotopic (exact) mass is 408 g/mol. The van der Waals surface area contributed by atoms with Crippen LogP contribution in [0, 0.1) is 0 Å². The maximum absolute atomic E-state index is 12.9. The summed E-state index contributed by atoms with van der Waals surface area (Å²) in [6, 6.07) is 17.5. The molecule has 1 aliphatic heterocycles. The molecule has 2 aromatic rings. The molecule has 4 rings (SSSR count). The summed E-state index contributed by atoms with van der Waals surface area (Å²) in [6.45, 7) is 2.91. The van der Waals surface area contributed by atoms with Crippen LogP contribution in [-0.2, 0) is 24.5 Å². The van der Waals surface area contributed by atoms with Crippen molar-refractivity contribution in [1.29, 1.82) is 0 Å². The van der Waals surface area contributed by atoms with Gasteiger partial charge in [-0.25, -0.2) is 0 Å². The van der Waals surface area contributed by atoms with Gasteiger partial charge in [0.2, 0.25) is 0 Å². The van der Waals surface area contributed by atoms with Crippen LogP contribution >= 0.6 is 0 Å². The van der Waals surface area contributed by atoms with Crippen LogP contribution in [0.3, 0.4) is 0 Å². The topological polar surface area (TPSA) is 67.9 Å². The van der Waals surface area contributed by atoms with Gasteiger partial charge in [0.05, 0.1) is 18.6 Å². The molecule has 0 spiro atoms. The molecule has 1 N–H and O–H groups in total. The van der Waals surface area contributed by atoms with Gasteiger partial charge in [0.25, 0.3) is 5.91 Å². The lowest BCUT2D eigenvalue weighted by Crippen LogP contribution is -2.36. The number of rotatable bonds is 6. The number of ether oxygens (including phenoxy) is 2. The third kappa shape index (κ3) is 4.49. The summed E-state index contributed by atoms with van der Waals surface area (Å²) in [5.74, 6) is -0.632. The molecule has 0 unspecified atom stereocenters. The Kier molecular flexibility index (Phi) is 6.33. The van der Waals surface area contributed by atoms with Crippen LogP contribution < -0.4 is 10.2 Å². The van der Waals surface area contributed by atoms with Gasteiger partial charge >= 0.3 is 5.97 Å². The van der Waals surface area contributed by atoms with E-state index in [2.05, 4.69) is 10.2 Å². The highest BCUT2D eigenvalue weighted by atomic mass is 16.5. The molecule has 158 valence electrons. The van der Waals surface area contributed by atoms with Crippen LogP contribution in [0.15, 0.2) is 54.6 Å². The standard InChI is InChI=1S/C24H28N2O4/c27-22(25-20-8-10-21(11-9-20)26-14-16-29-17-15-26)18-30-23(28)24(12-4-5-13-24)19-6-2-1-3-7-19/h1-3,6-11H,4-5,12-18H2,(H,25,27). The molecule has 2 aliphatic rings. The van der Waals surface area contributed by atoms with Crippen molar-refractivity contribution in [1.82, 2.24) is 0 Å². The molecule has 1 aliphatic carbocycles. The van der Waals surface area contributed by atoms with Gasteiger partial charge in [-0.2, -0.15) is 0 Å². The van der Waals surface area contributed by atoms with E-state index in [0.29, 0.717) is 5.69 Å². The van der Waals surface area contributed by atoms with Crippen LogP contribution in [-0.4, -0.2) is 44.8 Å². The molecule has 6 nitrogen and oxygen atoms in total. The zero-order valence-electron chi connectivity index (χ0n) is 17.1. The van der Waals surface area contributed by atoms with E-state index in [1.165, 1.54) is 0 Å². The van der Waals surface area contributed by atoms with Crippen LogP contribution in [0.25, 0.3) is 0 Å². The van der Waals surface area contributed by atoms with Gasteiger partial charge in [0.15, 0.2) is 6.61 Å². The van der Waals surface area contributed by atoms with Gasteiger partial charge in [-0.1, -0.05) is 43.2 Å². The fraction of sp³-hybridized carbons (Fsp3) is 0.417. The molecule has 1 heterocycles. The Labute approximate surface area is 177 Å². The Balaban J connectivity index is 1.32. The Morgan fingerprint density at radius 3 is 2.30 bits per heavy atom. The van der Waals surface area contributed by atoms with E-state index in [1.807, 2.05) is 54.6 Å². The van der Waals surface area contributed by atoms with Gasteiger partial charge in [0, 0.05) is 24.5 Å². The summed E-state index contributed by atoms with van der Waals surface area (Å²) in [7, 11) is 0. The van der Waals surface area contributed by atoms with Crippen molar-refractivity contribution >= 4 is 23.3 Å². The summed E-state index contributed by atoms with van der Waals surface area (Å²) >= 11 is 0. The summed E-state index contributed by atoms with van der Waals surface area (Å²) < 4.78 is 10.8. The maximum Gasteiger partial charge on any atom is 0.317 e. The Bertz CT molecular complexity index is 855. The van der Waals surface area contributed by atoms with Gasteiger partial charge < -0.3 is 19.7 Å². The van der Waals surface area contributed by atoms with Gasteiger partial charge in [0.1, 0.15) is 0 Å². The van der Waals surface area contributed by atoms with Crippen molar-refractivity contribution in [3.63, 3.8) is 0 Å². The average molecular weight is 408 g/mol. The van der Waals surface area contributed by atoms with Crippen molar-refractivity contribution < 1.29 is 19.1 Å². The molecule has 0 radical (unpaired) electrons. The molecule has 1 saturated heterocycles. The molecule has 0 aromatic heterocycles. The second-order valence-corrected chi connectivity index (χ2v) is 7.93. The third-order valence-electron chi connectivity index (χ3n) is 6.04. The number of carbonyl (C=O) groups is 2. The second-order valence-electron chi connectivity index (χ2n) is 7.93. The first-order valence-electron chi connectivity index (χ1n) is 10.6. The number of anilines is 2. The number of nitrogens with zero attached hydrogens (tertiary/aromatic N) is 1. The zero-order valence-corrected chi connectivity index (χ0v) is 17.1.